The fourth-order valence-corrected chi connectivity index (χ4v) is 2.73. The smallest absolute Gasteiger partial charge is 0.258 e. The average Bonchev–Trinajstić information content (AvgIpc) is 2.63. The van der Waals surface area contributed by atoms with Crippen molar-refractivity contribution >= 4 is 18.3 Å². The van der Waals surface area contributed by atoms with E-state index in [2.05, 4.69) is 10.2 Å². The molecule has 0 aromatic heterocycles. The first-order chi connectivity index (χ1) is 12.4. The SMILES string of the molecule is COc1ccccc1C(CNC(=O)COc1ccc(C)c(C)c1)N(C)C.Cl. The Labute approximate surface area is 168 Å². The summed E-state index contributed by atoms with van der Waals surface area (Å²) in [5.74, 6) is 1.37. The summed E-state index contributed by atoms with van der Waals surface area (Å²) in [6, 6.07) is 13.7. The van der Waals surface area contributed by atoms with Gasteiger partial charge in [-0.1, -0.05) is 24.3 Å². The number of para-hydroxylation sites is 1. The zero-order valence-corrected chi connectivity index (χ0v) is 17.4. The Morgan fingerprint density at radius 2 is 1.81 bits per heavy atom. The Bertz CT molecular complexity index is 750. The number of carbonyl (C=O) groups excluding carboxylic acids is 1. The van der Waals surface area contributed by atoms with E-state index in [-0.39, 0.29) is 31.0 Å². The molecular weight excluding hydrogens is 364 g/mol. The Hall–Kier alpha value is -2.24. The molecule has 2 rings (SSSR count). The number of nitrogens with one attached hydrogen (secondary N) is 1. The second kappa shape index (κ2) is 10.8. The van der Waals surface area contributed by atoms with Crippen molar-refractivity contribution < 1.29 is 14.3 Å². The first-order valence-corrected chi connectivity index (χ1v) is 8.68. The maximum Gasteiger partial charge on any atom is 0.258 e. The van der Waals surface area contributed by atoms with Gasteiger partial charge >= 0.3 is 0 Å². The number of ether oxygens (including phenoxy) is 2. The third kappa shape index (κ3) is 6.45. The molecule has 0 heterocycles. The van der Waals surface area contributed by atoms with E-state index in [9.17, 15) is 4.79 Å². The minimum atomic E-state index is -0.148. The van der Waals surface area contributed by atoms with Crippen molar-refractivity contribution in [3.8, 4) is 11.5 Å². The molecule has 1 N–H and O–H groups in total. The van der Waals surface area contributed by atoms with Crippen molar-refractivity contribution in [1.29, 1.82) is 0 Å². The van der Waals surface area contributed by atoms with Crippen molar-refractivity contribution in [2.45, 2.75) is 19.9 Å². The molecule has 1 atom stereocenters. The standard InChI is InChI=1S/C21H28N2O3.ClH/c1-15-10-11-17(12-16(15)2)26-14-21(24)22-13-19(23(3)4)18-8-6-7-9-20(18)25-5;/h6-12,19H,13-14H2,1-5H3,(H,22,24);1H. The van der Waals surface area contributed by atoms with Gasteiger partial charge in [0.25, 0.3) is 5.91 Å². The van der Waals surface area contributed by atoms with Gasteiger partial charge in [0.15, 0.2) is 6.61 Å². The van der Waals surface area contributed by atoms with Crippen LogP contribution in [0.25, 0.3) is 0 Å². The van der Waals surface area contributed by atoms with Gasteiger partial charge < -0.3 is 19.7 Å². The number of benzene rings is 2. The molecule has 0 fully saturated rings. The van der Waals surface area contributed by atoms with Gasteiger partial charge in [-0.15, -0.1) is 12.4 Å². The molecule has 0 bridgehead atoms. The monoisotopic (exact) mass is 392 g/mol. The lowest BCUT2D eigenvalue weighted by Gasteiger charge is -2.26. The number of carbonyl (C=O) groups is 1. The van der Waals surface area contributed by atoms with E-state index in [0.717, 1.165) is 16.9 Å². The molecule has 0 radical (unpaired) electrons. The van der Waals surface area contributed by atoms with E-state index in [0.29, 0.717) is 12.3 Å². The summed E-state index contributed by atoms with van der Waals surface area (Å²) in [5, 5.41) is 2.95. The molecule has 2 aromatic carbocycles. The Balaban J connectivity index is 0.00000364. The summed E-state index contributed by atoms with van der Waals surface area (Å²) in [4.78, 5) is 14.3. The summed E-state index contributed by atoms with van der Waals surface area (Å²) >= 11 is 0. The summed E-state index contributed by atoms with van der Waals surface area (Å²) in [5.41, 5.74) is 3.38. The number of hydrogen-bond donors (Lipinski definition) is 1. The fourth-order valence-electron chi connectivity index (χ4n) is 2.73. The molecule has 0 saturated carbocycles. The molecular formula is C21H29ClN2O3. The molecule has 5 nitrogen and oxygen atoms in total. The van der Waals surface area contributed by atoms with Crippen LogP contribution in [0.2, 0.25) is 0 Å². The minimum absolute atomic E-state index is 0. The highest BCUT2D eigenvalue weighted by atomic mass is 35.5. The van der Waals surface area contributed by atoms with Gasteiger partial charge in [-0.3, -0.25) is 4.79 Å². The fraction of sp³-hybridized carbons (Fsp3) is 0.381. The lowest BCUT2D eigenvalue weighted by atomic mass is 10.0. The molecule has 0 aliphatic heterocycles. The first kappa shape index (κ1) is 22.8. The van der Waals surface area contributed by atoms with E-state index < -0.39 is 0 Å². The predicted molar refractivity (Wildman–Crippen MR) is 111 cm³/mol. The molecule has 0 aliphatic carbocycles. The number of rotatable bonds is 8. The third-order valence-electron chi connectivity index (χ3n) is 4.46. The number of likely N-dealkylation sites (N-methyl/N-ethyl adjacent to an activating group) is 1. The Morgan fingerprint density at radius 1 is 1.11 bits per heavy atom. The van der Waals surface area contributed by atoms with Gasteiger partial charge in [0, 0.05) is 12.1 Å². The molecule has 0 aliphatic rings. The predicted octanol–water partition coefficient (Wildman–Crippen LogP) is 3.53. The largest absolute Gasteiger partial charge is 0.496 e. The zero-order chi connectivity index (χ0) is 19.1. The van der Waals surface area contributed by atoms with E-state index in [1.807, 2.05) is 70.4 Å². The third-order valence-corrected chi connectivity index (χ3v) is 4.46. The molecule has 148 valence electrons. The molecule has 6 heteroatoms. The van der Waals surface area contributed by atoms with Crippen molar-refractivity contribution in [3.63, 3.8) is 0 Å². The van der Waals surface area contributed by atoms with Crippen molar-refractivity contribution in [3.05, 3.63) is 59.2 Å². The van der Waals surface area contributed by atoms with Crippen LogP contribution in [-0.4, -0.2) is 45.2 Å². The normalized spacial score (nSPS) is 11.5. The molecule has 1 amide bonds. The Kier molecular flexibility index (Phi) is 9.12. The summed E-state index contributed by atoms with van der Waals surface area (Å²) in [6.45, 7) is 4.54. The van der Waals surface area contributed by atoms with Gasteiger partial charge in [0.2, 0.25) is 0 Å². The lowest BCUT2D eigenvalue weighted by molar-refractivity contribution is -0.123. The van der Waals surface area contributed by atoms with Crippen LogP contribution >= 0.6 is 12.4 Å². The van der Waals surface area contributed by atoms with Crippen LogP contribution in [0.4, 0.5) is 0 Å². The number of nitrogens with zero attached hydrogens (tertiary/aromatic N) is 1. The topological polar surface area (TPSA) is 50.8 Å². The van der Waals surface area contributed by atoms with Gasteiger partial charge in [-0.05, 0) is 57.3 Å². The highest BCUT2D eigenvalue weighted by molar-refractivity contribution is 5.85. The molecule has 0 saturated heterocycles. The zero-order valence-electron chi connectivity index (χ0n) is 16.6. The number of halogens is 1. The van der Waals surface area contributed by atoms with Crippen LogP contribution in [0.3, 0.4) is 0 Å². The van der Waals surface area contributed by atoms with Crippen LogP contribution in [0, 0.1) is 13.8 Å². The van der Waals surface area contributed by atoms with Crippen molar-refractivity contribution in [1.82, 2.24) is 10.2 Å². The highest BCUT2D eigenvalue weighted by Gasteiger charge is 2.19. The van der Waals surface area contributed by atoms with Crippen molar-refractivity contribution in [2.75, 3.05) is 34.4 Å². The number of methoxy groups -OCH3 is 1. The quantitative estimate of drug-likeness (QED) is 0.746. The molecule has 2 aromatic rings. The maximum absolute atomic E-state index is 12.2. The van der Waals surface area contributed by atoms with Crippen LogP contribution in [0.15, 0.2) is 42.5 Å². The maximum atomic E-state index is 12.2. The second-order valence-corrected chi connectivity index (χ2v) is 6.56. The summed E-state index contributed by atoms with van der Waals surface area (Å²) in [7, 11) is 5.62. The van der Waals surface area contributed by atoms with Crippen LogP contribution < -0.4 is 14.8 Å². The Morgan fingerprint density at radius 3 is 2.44 bits per heavy atom. The second-order valence-electron chi connectivity index (χ2n) is 6.56. The average molecular weight is 393 g/mol. The number of aryl methyl sites for hydroxylation is 2. The highest BCUT2D eigenvalue weighted by Crippen LogP contribution is 2.27. The van der Waals surface area contributed by atoms with E-state index in [4.69, 9.17) is 9.47 Å². The summed E-state index contributed by atoms with van der Waals surface area (Å²) in [6.07, 6.45) is 0. The number of hydrogen-bond acceptors (Lipinski definition) is 4. The lowest BCUT2D eigenvalue weighted by Crippen LogP contribution is -2.37. The van der Waals surface area contributed by atoms with Crippen LogP contribution in [-0.2, 0) is 4.79 Å². The van der Waals surface area contributed by atoms with Gasteiger partial charge in [0.1, 0.15) is 11.5 Å². The van der Waals surface area contributed by atoms with Gasteiger partial charge in [-0.2, -0.15) is 0 Å². The number of amides is 1. The van der Waals surface area contributed by atoms with Gasteiger partial charge in [-0.25, -0.2) is 0 Å². The summed E-state index contributed by atoms with van der Waals surface area (Å²) < 4.78 is 11.0. The van der Waals surface area contributed by atoms with E-state index in [1.54, 1.807) is 7.11 Å². The minimum Gasteiger partial charge on any atom is -0.496 e. The van der Waals surface area contributed by atoms with Crippen LogP contribution in [0.5, 0.6) is 11.5 Å². The van der Waals surface area contributed by atoms with E-state index in [1.165, 1.54) is 5.56 Å². The van der Waals surface area contributed by atoms with E-state index >= 15 is 0 Å². The van der Waals surface area contributed by atoms with Crippen molar-refractivity contribution in [2.24, 2.45) is 0 Å². The molecule has 27 heavy (non-hydrogen) atoms. The molecule has 1 unspecified atom stereocenters. The molecule has 0 spiro atoms. The first-order valence-electron chi connectivity index (χ1n) is 8.68. The van der Waals surface area contributed by atoms with Gasteiger partial charge in [0.05, 0.1) is 13.2 Å². The van der Waals surface area contributed by atoms with Crippen LogP contribution in [0.1, 0.15) is 22.7 Å².